The summed E-state index contributed by atoms with van der Waals surface area (Å²) in [4.78, 5) is 53.7. The normalized spacial score (nSPS) is 17.3. The van der Waals surface area contributed by atoms with E-state index in [1.54, 1.807) is 16.8 Å². The summed E-state index contributed by atoms with van der Waals surface area (Å²) < 4.78 is 6.37. The van der Waals surface area contributed by atoms with Crippen LogP contribution in [0.3, 0.4) is 0 Å². The minimum absolute atomic E-state index is 0.191. The van der Waals surface area contributed by atoms with Crippen LogP contribution in [0.4, 0.5) is 17.2 Å². The lowest BCUT2D eigenvalue weighted by Gasteiger charge is -2.36. The lowest BCUT2D eigenvalue weighted by atomic mass is 9.88. The number of hydrogen-bond donors (Lipinski definition) is 3. The minimum atomic E-state index is -0.655. The summed E-state index contributed by atoms with van der Waals surface area (Å²) >= 11 is 0. The van der Waals surface area contributed by atoms with Gasteiger partial charge in [0.25, 0.3) is 17.4 Å². The van der Waals surface area contributed by atoms with E-state index in [4.69, 9.17) is 4.74 Å². The summed E-state index contributed by atoms with van der Waals surface area (Å²) in [5, 5.41) is 8.93. The van der Waals surface area contributed by atoms with Crippen LogP contribution in [-0.4, -0.2) is 33.9 Å². The quantitative estimate of drug-likeness (QED) is 0.520. The first kappa shape index (κ1) is 21.2. The smallest absolute Gasteiger partial charge is 0.303 e. The molecule has 2 aromatic rings. The fourth-order valence-corrected chi connectivity index (χ4v) is 5.16. The van der Waals surface area contributed by atoms with Crippen molar-refractivity contribution in [2.75, 3.05) is 17.2 Å². The Morgan fingerprint density at radius 3 is 2.73 bits per heavy atom. The van der Waals surface area contributed by atoms with Crippen molar-refractivity contribution in [1.82, 2.24) is 14.9 Å². The number of aromatic nitrogens is 2. The van der Waals surface area contributed by atoms with Crippen molar-refractivity contribution in [2.24, 2.45) is 0 Å². The number of pyridine rings is 2. The molecule has 5 rings (SSSR count). The number of nitrogens with one attached hydrogen (secondary N) is 3. The van der Waals surface area contributed by atoms with Crippen LogP contribution in [0.1, 0.15) is 66.2 Å². The van der Waals surface area contributed by atoms with E-state index in [1.165, 1.54) is 6.92 Å². The number of esters is 1. The van der Waals surface area contributed by atoms with Gasteiger partial charge in [-0.25, -0.2) is 4.98 Å². The van der Waals surface area contributed by atoms with Crippen LogP contribution in [0.2, 0.25) is 0 Å². The molecule has 0 unspecified atom stereocenters. The molecule has 1 fully saturated rings. The minimum Gasteiger partial charge on any atom is -0.456 e. The Bertz CT molecular complexity index is 1260. The topological polar surface area (TPSA) is 131 Å². The molecule has 2 aromatic heterocycles. The zero-order chi connectivity index (χ0) is 23.3. The van der Waals surface area contributed by atoms with Gasteiger partial charge in [0.05, 0.1) is 0 Å². The standard InChI is InChI=1S/C23H25N5O5/c1-12-15-8-14-10-24-17(26-18(30)11-33-13(2)29)9-16(14)25-19(15)22(32)28-20(12)21(31)27-23(28)6-4-3-5-7-23/h9-10,25H,3-8,11H2,1-2H3,(H,27,31)(H,24,26,30). The number of fused-ring (bicyclic) bond motifs is 4. The number of nitrogens with zero attached hydrogens (tertiary/aromatic N) is 2. The van der Waals surface area contributed by atoms with Crippen molar-refractivity contribution in [2.45, 2.75) is 58.0 Å². The average Bonchev–Trinajstić information content (AvgIpc) is 3.07. The van der Waals surface area contributed by atoms with Crippen molar-refractivity contribution in [1.29, 1.82) is 0 Å². The molecule has 2 aliphatic heterocycles. The van der Waals surface area contributed by atoms with Gasteiger partial charge >= 0.3 is 5.97 Å². The summed E-state index contributed by atoms with van der Waals surface area (Å²) in [6.07, 6.45) is 6.56. The third-order valence-corrected chi connectivity index (χ3v) is 6.71. The second-order valence-electron chi connectivity index (χ2n) is 8.87. The van der Waals surface area contributed by atoms with E-state index < -0.39 is 24.1 Å². The first-order valence-electron chi connectivity index (χ1n) is 11.1. The molecule has 172 valence electrons. The van der Waals surface area contributed by atoms with Crippen LogP contribution < -0.4 is 21.5 Å². The van der Waals surface area contributed by atoms with Gasteiger partial charge in [0.15, 0.2) is 6.61 Å². The highest BCUT2D eigenvalue weighted by Gasteiger charge is 2.46. The van der Waals surface area contributed by atoms with Crippen molar-refractivity contribution in [3.63, 3.8) is 0 Å². The maximum Gasteiger partial charge on any atom is 0.303 e. The maximum absolute atomic E-state index is 13.7. The van der Waals surface area contributed by atoms with Crippen LogP contribution in [0.5, 0.6) is 0 Å². The van der Waals surface area contributed by atoms with Crippen molar-refractivity contribution >= 4 is 35.0 Å². The van der Waals surface area contributed by atoms with Crippen LogP contribution in [-0.2, 0) is 26.4 Å². The number of amides is 2. The third kappa shape index (κ3) is 3.46. The lowest BCUT2D eigenvalue weighted by Crippen LogP contribution is -2.49. The molecule has 0 radical (unpaired) electrons. The summed E-state index contributed by atoms with van der Waals surface area (Å²) in [7, 11) is 0. The van der Waals surface area contributed by atoms with E-state index in [0.717, 1.165) is 48.8 Å². The van der Waals surface area contributed by atoms with E-state index in [2.05, 4.69) is 20.9 Å². The molecule has 4 heterocycles. The number of rotatable bonds is 3. The first-order chi connectivity index (χ1) is 15.8. The second-order valence-corrected chi connectivity index (χ2v) is 8.87. The highest BCUT2D eigenvalue weighted by atomic mass is 16.5. The van der Waals surface area contributed by atoms with Crippen LogP contribution >= 0.6 is 0 Å². The van der Waals surface area contributed by atoms with Gasteiger partial charge in [-0.2, -0.15) is 0 Å². The zero-order valence-corrected chi connectivity index (χ0v) is 18.5. The Balaban J connectivity index is 1.50. The molecule has 0 aromatic carbocycles. The second kappa shape index (κ2) is 7.72. The van der Waals surface area contributed by atoms with Crippen LogP contribution in [0.15, 0.2) is 17.1 Å². The average molecular weight is 451 g/mol. The Morgan fingerprint density at radius 1 is 1.24 bits per heavy atom. The SMILES string of the molecule is CC(=O)OCC(=O)Nc1cc2c(cn1)Cc1c(C)c3n(c(=O)c1N2)C1(CCCCC1)NC3=O. The molecule has 0 saturated heterocycles. The first-order valence-corrected chi connectivity index (χ1v) is 11.1. The summed E-state index contributed by atoms with van der Waals surface area (Å²) in [6, 6.07) is 1.65. The predicted molar refractivity (Wildman–Crippen MR) is 120 cm³/mol. The molecule has 33 heavy (non-hydrogen) atoms. The monoisotopic (exact) mass is 451 g/mol. The Kier molecular flexibility index (Phi) is 4.95. The van der Waals surface area contributed by atoms with Gasteiger partial charge in [0.1, 0.15) is 22.9 Å². The summed E-state index contributed by atoms with van der Waals surface area (Å²) in [6.45, 7) is 2.71. The van der Waals surface area contributed by atoms with Gasteiger partial charge in [0, 0.05) is 31.3 Å². The lowest BCUT2D eigenvalue weighted by molar-refractivity contribution is -0.144. The highest BCUT2D eigenvalue weighted by Crippen LogP contribution is 2.41. The molecule has 1 spiro atoms. The molecule has 0 atom stereocenters. The van der Waals surface area contributed by atoms with E-state index in [0.29, 0.717) is 23.5 Å². The maximum atomic E-state index is 13.7. The van der Waals surface area contributed by atoms with E-state index in [1.807, 2.05) is 6.92 Å². The van der Waals surface area contributed by atoms with E-state index in [-0.39, 0.29) is 17.3 Å². The molecule has 3 aliphatic rings. The summed E-state index contributed by atoms with van der Waals surface area (Å²) in [5.41, 5.74) is 3.12. The van der Waals surface area contributed by atoms with Gasteiger partial charge in [-0.05, 0) is 49.3 Å². The van der Waals surface area contributed by atoms with Gasteiger partial charge in [-0.1, -0.05) is 6.42 Å². The molecule has 10 heteroatoms. The highest BCUT2D eigenvalue weighted by molar-refractivity contribution is 5.98. The predicted octanol–water partition coefficient (Wildman–Crippen LogP) is 2.06. The molecular weight excluding hydrogens is 426 g/mol. The molecule has 0 bridgehead atoms. The number of anilines is 3. The van der Waals surface area contributed by atoms with Gasteiger partial charge in [0.2, 0.25) is 0 Å². The fraction of sp³-hybridized carbons (Fsp3) is 0.435. The van der Waals surface area contributed by atoms with Gasteiger partial charge in [-0.3, -0.25) is 23.7 Å². The summed E-state index contributed by atoms with van der Waals surface area (Å²) in [5.74, 6) is -0.968. The molecular formula is C23H25N5O5. The van der Waals surface area contributed by atoms with E-state index in [9.17, 15) is 19.2 Å². The number of hydrogen-bond acceptors (Lipinski definition) is 7. The van der Waals surface area contributed by atoms with Crippen LogP contribution in [0, 0.1) is 6.92 Å². The Morgan fingerprint density at radius 2 is 2.00 bits per heavy atom. The molecule has 2 amide bonds. The zero-order valence-electron chi connectivity index (χ0n) is 18.5. The van der Waals surface area contributed by atoms with Crippen molar-refractivity contribution < 1.29 is 19.1 Å². The fourth-order valence-electron chi connectivity index (χ4n) is 5.16. The molecule has 1 saturated carbocycles. The van der Waals surface area contributed by atoms with Crippen molar-refractivity contribution in [3.05, 3.63) is 45.0 Å². The number of carbonyl (C=O) groups excluding carboxylic acids is 3. The Labute approximate surface area is 189 Å². The van der Waals surface area contributed by atoms with Gasteiger partial charge < -0.3 is 20.7 Å². The number of ether oxygens (including phenoxy) is 1. The third-order valence-electron chi connectivity index (χ3n) is 6.71. The largest absolute Gasteiger partial charge is 0.456 e. The molecule has 3 N–H and O–H groups in total. The molecule has 1 aliphatic carbocycles. The molecule has 10 nitrogen and oxygen atoms in total. The van der Waals surface area contributed by atoms with Gasteiger partial charge in [-0.15, -0.1) is 0 Å². The Hall–Kier alpha value is -3.69. The van der Waals surface area contributed by atoms with E-state index >= 15 is 0 Å². The van der Waals surface area contributed by atoms with Crippen molar-refractivity contribution in [3.8, 4) is 0 Å². The number of carbonyl (C=O) groups is 3. The van der Waals surface area contributed by atoms with Crippen LogP contribution in [0.25, 0.3) is 0 Å².